The number of ether oxygens (including phenoxy) is 1. The van der Waals surface area contributed by atoms with Crippen molar-refractivity contribution in [3.63, 3.8) is 0 Å². The van der Waals surface area contributed by atoms with E-state index in [1.165, 1.54) is 0 Å². The number of hydrogen-bond donors (Lipinski definition) is 2. The van der Waals surface area contributed by atoms with Crippen LogP contribution in [0.3, 0.4) is 0 Å². The van der Waals surface area contributed by atoms with Crippen LogP contribution in [0, 0.1) is 5.41 Å². The number of amidine groups is 1. The van der Waals surface area contributed by atoms with Gasteiger partial charge in [-0.25, -0.2) is 0 Å². The van der Waals surface area contributed by atoms with Crippen molar-refractivity contribution in [3.8, 4) is 11.5 Å². The molecule has 0 aliphatic rings. The summed E-state index contributed by atoms with van der Waals surface area (Å²) >= 11 is 6.09. The number of hydrogen-bond acceptors (Lipinski definition) is 2. The fraction of sp³-hybridized carbons (Fsp3) is 0.188. The highest BCUT2D eigenvalue weighted by atomic mass is 35.5. The average molecular weight is 289 g/mol. The first kappa shape index (κ1) is 14.4. The van der Waals surface area contributed by atoms with E-state index in [0.29, 0.717) is 22.3 Å². The van der Waals surface area contributed by atoms with Crippen molar-refractivity contribution in [2.75, 3.05) is 0 Å². The van der Waals surface area contributed by atoms with E-state index in [0.717, 1.165) is 11.3 Å². The Morgan fingerprint density at radius 2 is 1.90 bits per heavy atom. The van der Waals surface area contributed by atoms with Crippen molar-refractivity contribution < 1.29 is 4.74 Å². The first-order valence-corrected chi connectivity index (χ1v) is 6.77. The van der Waals surface area contributed by atoms with Crippen LogP contribution >= 0.6 is 11.6 Å². The van der Waals surface area contributed by atoms with Crippen LogP contribution in [0.2, 0.25) is 5.02 Å². The Morgan fingerprint density at radius 1 is 1.20 bits per heavy atom. The smallest absolute Gasteiger partial charge is 0.130 e. The number of halogens is 1. The SMILES string of the molecule is CC(C)c1ccccc1Oc1ccc(C(=N)N)c(Cl)c1. The van der Waals surface area contributed by atoms with Gasteiger partial charge in [0.15, 0.2) is 0 Å². The fourth-order valence-corrected chi connectivity index (χ4v) is 2.23. The van der Waals surface area contributed by atoms with E-state index in [-0.39, 0.29) is 5.84 Å². The van der Waals surface area contributed by atoms with E-state index in [2.05, 4.69) is 13.8 Å². The van der Waals surface area contributed by atoms with E-state index in [4.69, 9.17) is 27.5 Å². The second kappa shape index (κ2) is 5.97. The van der Waals surface area contributed by atoms with Crippen LogP contribution in [-0.2, 0) is 0 Å². The first-order valence-electron chi connectivity index (χ1n) is 6.39. The molecule has 0 amide bonds. The summed E-state index contributed by atoms with van der Waals surface area (Å²) in [4.78, 5) is 0. The number of benzene rings is 2. The quantitative estimate of drug-likeness (QED) is 0.641. The molecule has 0 saturated carbocycles. The van der Waals surface area contributed by atoms with Gasteiger partial charge in [0.05, 0.1) is 5.02 Å². The fourth-order valence-electron chi connectivity index (χ4n) is 1.96. The third-order valence-electron chi connectivity index (χ3n) is 3.00. The molecule has 0 radical (unpaired) electrons. The summed E-state index contributed by atoms with van der Waals surface area (Å²) in [7, 11) is 0. The minimum absolute atomic E-state index is 0.0517. The molecule has 0 spiro atoms. The van der Waals surface area contributed by atoms with Gasteiger partial charge in [0.1, 0.15) is 17.3 Å². The second-order valence-electron chi connectivity index (χ2n) is 4.85. The number of nitrogens with one attached hydrogen (secondary N) is 1. The third kappa shape index (κ3) is 3.11. The van der Waals surface area contributed by atoms with Gasteiger partial charge >= 0.3 is 0 Å². The Balaban J connectivity index is 2.31. The van der Waals surface area contributed by atoms with Crippen molar-refractivity contribution in [1.82, 2.24) is 0 Å². The first-order chi connectivity index (χ1) is 9.49. The molecular weight excluding hydrogens is 272 g/mol. The Labute approximate surface area is 123 Å². The lowest BCUT2D eigenvalue weighted by molar-refractivity contribution is 0.473. The van der Waals surface area contributed by atoms with Crippen molar-refractivity contribution in [2.45, 2.75) is 19.8 Å². The van der Waals surface area contributed by atoms with Crippen molar-refractivity contribution in [2.24, 2.45) is 5.73 Å². The summed E-state index contributed by atoms with van der Waals surface area (Å²) in [6.45, 7) is 4.24. The van der Waals surface area contributed by atoms with Crippen molar-refractivity contribution in [1.29, 1.82) is 5.41 Å². The zero-order valence-electron chi connectivity index (χ0n) is 11.5. The molecule has 0 unspecified atom stereocenters. The summed E-state index contributed by atoms with van der Waals surface area (Å²) in [6, 6.07) is 13.0. The summed E-state index contributed by atoms with van der Waals surface area (Å²) in [5.74, 6) is 1.77. The standard InChI is InChI=1S/C16H17ClN2O/c1-10(2)12-5-3-4-6-15(12)20-11-7-8-13(16(18)19)14(17)9-11/h3-10H,1-2H3,(H3,18,19). The molecular formula is C16H17ClN2O. The van der Waals surface area contributed by atoms with Gasteiger partial charge in [0, 0.05) is 11.6 Å². The minimum atomic E-state index is -0.0517. The van der Waals surface area contributed by atoms with E-state index >= 15 is 0 Å². The van der Waals surface area contributed by atoms with Gasteiger partial charge in [-0.05, 0) is 29.7 Å². The lowest BCUT2D eigenvalue weighted by Crippen LogP contribution is -2.11. The highest BCUT2D eigenvalue weighted by molar-refractivity contribution is 6.34. The van der Waals surface area contributed by atoms with Crippen LogP contribution in [0.1, 0.15) is 30.9 Å². The monoisotopic (exact) mass is 288 g/mol. The predicted molar refractivity (Wildman–Crippen MR) is 83.1 cm³/mol. The van der Waals surface area contributed by atoms with Crippen LogP contribution < -0.4 is 10.5 Å². The Hall–Kier alpha value is -2.00. The van der Waals surface area contributed by atoms with Gasteiger partial charge in [0.25, 0.3) is 0 Å². The molecule has 3 nitrogen and oxygen atoms in total. The van der Waals surface area contributed by atoms with Gasteiger partial charge in [-0.1, -0.05) is 43.6 Å². The molecule has 20 heavy (non-hydrogen) atoms. The van der Waals surface area contributed by atoms with Gasteiger partial charge in [-0.15, -0.1) is 0 Å². The molecule has 2 aromatic rings. The van der Waals surface area contributed by atoms with Gasteiger partial charge in [-0.3, -0.25) is 5.41 Å². The van der Waals surface area contributed by atoms with E-state index in [9.17, 15) is 0 Å². The lowest BCUT2D eigenvalue weighted by atomic mass is 10.0. The highest BCUT2D eigenvalue weighted by Crippen LogP contribution is 2.32. The molecule has 2 rings (SSSR count). The van der Waals surface area contributed by atoms with E-state index < -0.39 is 0 Å². The zero-order valence-corrected chi connectivity index (χ0v) is 12.2. The molecule has 0 atom stereocenters. The summed E-state index contributed by atoms with van der Waals surface area (Å²) in [5.41, 5.74) is 7.09. The Bertz CT molecular complexity index is 638. The molecule has 0 fully saturated rings. The lowest BCUT2D eigenvalue weighted by Gasteiger charge is -2.14. The zero-order chi connectivity index (χ0) is 14.7. The Morgan fingerprint density at radius 3 is 2.50 bits per heavy atom. The van der Waals surface area contributed by atoms with Crippen LogP contribution in [0.4, 0.5) is 0 Å². The summed E-state index contributed by atoms with van der Waals surface area (Å²) in [5, 5.41) is 7.82. The molecule has 0 bridgehead atoms. The average Bonchev–Trinajstić information content (AvgIpc) is 2.38. The van der Waals surface area contributed by atoms with Crippen molar-refractivity contribution >= 4 is 17.4 Å². The van der Waals surface area contributed by atoms with E-state index in [1.54, 1.807) is 18.2 Å². The number of para-hydroxylation sites is 1. The van der Waals surface area contributed by atoms with Crippen LogP contribution in [0.25, 0.3) is 0 Å². The highest BCUT2D eigenvalue weighted by Gasteiger charge is 2.10. The molecule has 4 heteroatoms. The minimum Gasteiger partial charge on any atom is -0.457 e. The number of rotatable bonds is 4. The van der Waals surface area contributed by atoms with Gasteiger partial charge < -0.3 is 10.5 Å². The van der Waals surface area contributed by atoms with Crippen LogP contribution in [-0.4, -0.2) is 5.84 Å². The molecule has 3 N–H and O–H groups in total. The molecule has 0 saturated heterocycles. The topological polar surface area (TPSA) is 59.1 Å². The molecule has 0 aliphatic heterocycles. The number of nitrogen functional groups attached to an aromatic ring is 1. The maximum atomic E-state index is 7.41. The summed E-state index contributed by atoms with van der Waals surface area (Å²) < 4.78 is 5.89. The largest absolute Gasteiger partial charge is 0.457 e. The maximum absolute atomic E-state index is 7.41. The second-order valence-corrected chi connectivity index (χ2v) is 5.26. The van der Waals surface area contributed by atoms with Crippen molar-refractivity contribution in [3.05, 3.63) is 58.6 Å². The molecule has 2 aromatic carbocycles. The molecule has 0 aliphatic carbocycles. The van der Waals surface area contributed by atoms with Crippen LogP contribution in [0.5, 0.6) is 11.5 Å². The normalized spacial score (nSPS) is 10.6. The molecule has 104 valence electrons. The van der Waals surface area contributed by atoms with Crippen LogP contribution in [0.15, 0.2) is 42.5 Å². The van der Waals surface area contributed by atoms with E-state index in [1.807, 2.05) is 24.3 Å². The third-order valence-corrected chi connectivity index (χ3v) is 3.31. The number of nitrogens with two attached hydrogens (primary N) is 1. The maximum Gasteiger partial charge on any atom is 0.130 e. The van der Waals surface area contributed by atoms with Gasteiger partial charge in [-0.2, -0.15) is 0 Å². The Kier molecular flexibility index (Phi) is 4.30. The molecule has 0 aromatic heterocycles. The molecule has 0 heterocycles. The summed E-state index contributed by atoms with van der Waals surface area (Å²) in [6.07, 6.45) is 0. The van der Waals surface area contributed by atoms with Gasteiger partial charge in [0.2, 0.25) is 0 Å². The predicted octanol–water partition coefficient (Wildman–Crippen LogP) is 4.54.